The molecule has 0 atom stereocenters. The molecule has 2 heterocycles. The number of nitrogens with zero attached hydrogens (tertiary/aromatic N) is 3. The number of carbonyl (C=O) groups is 3. The maximum Gasteiger partial charge on any atom is 0.410 e. The lowest BCUT2D eigenvalue weighted by atomic mass is 10.2. The molecule has 3 amide bonds. The molecule has 0 bridgehead atoms. The third-order valence-corrected chi connectivity index (χ3v) is 5.48. The average molecular weight is 506 g/mol. The van der Waals surface area contributed by atoms with Crippen LogP contribution < -0.4 is 10.6 Å². The molecule has 1 aromatic heterocycles. The van der Waals surface area contributed by atoms with Crippen LogP contribution in [0.5, 0.6) is 0 Å². The number of benzene rings is 2. The second kappa shape index (κ2) is 12.7. The summed E-state index contributed by atoms with van der Waals surface area (Å²) in [5, 5.41) is 5.08. The maximum atomic E-state index is 12.9. The topological polar surface area (TPSA) is 106 Å². The van der Waals surface area contributed by atoms with Crippen LogP contribution in [0.3, 0.4) is 0 Å². The van der Waals surface area contributed by atoms with Crippen molar-refractivity contribution in [3.63, 3.8) is 0 Å². The Morgan fingerprint density at radius 2 is 1.54 bits per heavy atom. The van der Waals surface area contributed by atoms with Crippen molar-refractivity contribution in [1.29, 1.82) is 0 Å². The SMILES string of the molecule is CNC(=O)CNC(=O)c1nc(-c2ccccc2)n2c1CN(C(=O)OC(C)(C)C)CCC2.c1ccccc1. The molecule has 196 valence electrons. The van der Waals surface area contributed by atoms with Crippen LogP contribution in [0, 0.1) is 0 Å². The van der Waals surface area contributed by atoms with Crippen molar-refractivity contribution in [1.82, 2.24) is 25.1 Å². The van der Waals surface area contributed by atoms with E-state index >= 15 is 0 Å². The number of imidazole rings is 1. The van der Waals surface area contributed by atoms with Gasteiger partial charge in [-0.15, -0.1) is 0 Å². The fraction of sp³-hybridized carbons (Fsp3) is 0.357. The molecule has 3 aromatic rings. The predicted molar refractivity (Wildman–Crippen MR) is 142 cm³/mol. The number of hydrogen-bond donors (Lipinski definition) is 2. The van der Waals surface area contributed by atoms with Gasteiger partial charge in [0, 0.05) is 25.7 Å². The van der Waals surface area contributed by atoms with Gasteiger partial charge in [-0.25, -0.2) is 9.78 Å². The maximum absolute atomic E-state index is 12.9. The normalized spacial score (nSPS) is 12.8. The Labute approximate surface area is 217 Å². The molecule has 1 aliphatic rings. The molecule has 4 rings (SSSR count). The van der Waals surface area contributed by atoms with Gasteiger partial charge in [0.05, 0.1) is 18.8 Å². The molecule has 9 heteroatoms. The third kappa shape index (κ3) is 7.93. The molecule has 0 radical (unpaired) electrons. The summed E-state index contributed by atoms with van der Waals surface area (Å²) in [5.41, 5.74) is 1.08. The van der Waals surface area contributed by atoms with E-state index in [-0.39, 0.29) is 24.7 Å². The number of nitrogens with one attached hydrogen (secondary N) is 2. The molecular weight excluding hydrogens is 470 g/mol. The highest BCUT2D eigenvalue weighted by Crippen LogP contribution is 2.27. The Morgan fingerprint density at radius 1 is 0.946 bits per heavy atom. The van der Waals surface area contributed by atoms with Gasteiger partial charge in [0.1, 0.15) is 11.4 Å². The van der Waals surface area contributed by atoms with Crippen LogP contribution in [0.1, 0.15) is 43.4 Å². The van der Waals surface area contributed by atoms with Crippen molar-refractivity contribution in [2.24, 2.45) is 0 Å². The lowest BCUT2D eigenvalue weighted by Crippen LogP contribution is -2.38. The molecule has 0 fully saturated rings. The molecule has 37 heavy (non-hydrogen) atoms. The highest BCUT2D eigenvalue weighted by molar-refractivity contribution is 5.96. The zero-order valence-electron chi connectivity index (χ0n) is 21.9. The van der Waals surface area contributed by atoms with Crippen molar-refractivity contribution in [2.75, 3.05) is 20.1 Å². The van der Waals surface area contributed by atoms with Gasteiger partial charge in [-0.1, -0.05) is 66.7 Å². The second-order valence-electron chi connectivity index (χ2n) is 9.51. The smallest absolute Gasteiger partial charge is 0.410 e. The van der Waals surface area contributed by atoms with Gasteiger partial charge >= 0.3 is 6.09 Å². The van der Waals surface area contributed by atoms with Crippen LogP contribution in [0.2, 0.25) is 0 Å². The Balaban J connectivity index is 0.000000555. The van der Waals surface area contributed by atoms with Crippen molar-refractivity contribution >= 4 is 17.9 Å². The zero-order chi connectivity index (χ0) is 26.8. The van der Waals surface area contributed by atoms with Gasteiger partial charge < -0.3 is 24.8 Å². The Morgan fingerprint density at radius 3 is 2.11 bits per heavy atom. The molecule has 0 spiro atoms. The summed E-state index contributed by atoms with van der Waals surface area (Å²) in [6, 6.07) is 21.6. The molecule has 1 aliphatic heterocycles. The number of rotatable bonds is 4. The van der Waals surface area contributed by atoms with Gasteiger partial charge in [0.25, 0.3) is 5.91 Å². The van der Waals surface area contributed by atoms with Crippen LogP contribution >= 0.6 is 0 Å². The quantitative estimate of drug-likeness (QED) is 0.560. The van der Waals surface area contributed by atoms with Crippen LogP contribution in [0.4, 0.5) is 4.79 Å². The first-order valence-corrected chi connectivity index (χ1v) is 12.3. The first-order valence-electron chi connectivity index (χ1n) is 12.3. The summed E-state index contributed by atoms with van der Waals surface area (Å²) in [6.45, 7) is 6.60. The minimum atomic E-state index is -0.619. The Bertz CT molecular complexity index is 1160. The molecule has 2 aromatic carbocycles. The van der Waals surface area contributed by atoms with E-state index in [2.05, 4.69) is 15.6 Å². The summed E-state index contributed by atoms with van der Waals surface area (Å²) in [7, 11) is 1.50. The number of likely N-dealkylation sites (N-methyl/N-ethyl adjacent to an activating group) is 1. The van der Waals surface area contributed by atoms with Gasteiger partial charge in [-0.2, -0.15) is 0 Å². The average Bonchev–Trinajstić information content (AvgIpc) is 3.10. The molecule has 2 N–H and O–H groups in total. The van der Waals surface area contributed by atoms with Crippen LogP contribution in [0.15, 0.2) is 66.7 Å². The molecule has 0 aliphatic carbocycles. The lowest BCUT2D eigenvalue weighted by Gasteiger charge is -2.26. The van der Waals surface area contributed by atoms with E-state index in [1.807, 2.05) is 92.1 Å². The number of carbonyl (C=O) groups excluding carboxylic acids is 3. The molecule has 9 nitrogen and oxygen atoms in total. The lowest BCUT2D eigenvalue weighted by molar-refractivity contribution is -0.119. The first kappa shape index (κ1) is 27.4. The molecule has 0 saturated carbocycles. The molecular formula is C28H35N5O4. The number of ether oxygens (including phenoxy) is 1. The van der Waals surface area contributed by atoms with Crippen molar-refractivity contribution in [2.45, 2.75) is 45.9 Å². The summed E-state index contributed by atoms with van der Waals surface area (Å²) in [5.74, 6) is -0.107. The van der Waals surface area contributed by atoms with E-state index in [1.165, 1.54) is 7.05 Å². The van der Waals surface area contributed by atoms with Gasteiger partial charge in [0.15, 0.2) is 5.69 Å². The minimum absolute atomic E-state index is 0.155. The third-order valence-electron chi connectivity index (χ3n) is 5.48. The van der Waals surface area contributed by atoms with Crippen LogP contribution in [-0.4, -0.2) is 58.1 Å². The largest absolute Gasteiger partial charge is 0.444 e. The Kier molecular flexibility index (Phi) is 9.43. The standard InChI is InChI=1S/C22H29N5O4.C6H6/c1-22(2,3)31-21(30)26-11-8-12-27-16(14-26)18(20(29)24-13-17(28)23-4)25-19(27)15-9-6-5-7-10-15;1-2-4-6-5-3-1/h5-7,9-10H,8,11-14H2,1-4H3,(H,23,28)(H,24,29);1-6H. The number of aromatic nitrogens is 2. The number of hydrogen-bond acceptors (Lipinski definition) is 5. The van der Waals surface area contributed by atoms with E-state index < -0.39 is 17.6 Å². The fourth-order valence-electron chi connectivity index (χ4n) is 3.76. The summed E-state index contributed by atoms with van der Waals surface area (Å²) in [6.07, 6.45) is 0.266. The first-order chi connectivity index (χ1) is 17.7. The minimum Gasteiger partial charge on any atom is -0.444 e. The summed E-state index contributed by atoms with van der Waals surface area (Å²) in [4.78, 5) is 43.4. The van der Waals surface area contributed by atoms with Crippen molar-refractivity contribution in [3.8, 4) is 11.4 Å². The van der Waals surface area contributed by atoms with Crippen molar-refractivity contribution < 1.29 is 19.1 Å². The zero-order valence-corrected chi connectivity index (χ0v) is 21.9. The predicted octanol–water partition coefficient (Wildman–Crippen LogP) is 3.85. The summed E-state index contributed by atoms with van der Waals surface area (Å²) < 4.78 is 7.52. The fourth-order valence-corrected chi connectivity index (χ4v) is 3.76. The van der Waals surface area contributed by atoms with E-state index in [0.29, 0.717) is 31.0 Å². The van der Waals surface area contributed by atoms with Gasteiger partial charge in [0.2, 0.25) is 5.91 Å². The molecule has 0 saturated heterocycles. The summed E-state index contributed by atoms with van der Waals surface area (Å²) >= 11 is 0. The van der Waals surface area contributed by atoms with E-state index in [0.717, 1.165) is 5.56 Å². The monoisotopic (exact) mass is 505 g/mol. The van der Waals surface area contributed by atoms with E-state index in [9.17, 15) is 14.4 Å². The van der Waals surface area contributed by atoms with Crippen LogP contribution in [0.25, 0.3) is 11.4 Å². The number of amides is 3. The van der Waals surface area contributed by atoms with E-state index in [4.69, 9.17) is 4.74 Å². The highest BCUT2D eigenvalue weighted by Gasteiger charge is 2.30. The van der Waals surface area contributed by atoms with E-state index in [1.54, 1.807) is 4.90 Å². The Hall–Kier alpha value is -4.14. The molecule has 0 unspecified atom stereocenters. The second-order valence-corrected chi connectivity index (χ2v) is 9.51. The number of fused-ring (bicyclic) bond motifs is 1. The highest BCUT2D eigenvalue weighted by atomic mass is 16.6. The van der Waals surface area contributed by atoms with Gasteiger partial charge in [-0.05, 0) is 27.2 Å². The van der Waals surface area contributed by atoms with Crippen LogP contribution in [-0.2, 0) is 22.6 Å². The van der Waals surface area contributed by atoms with Crippen molar-refractivity contribution in [3.05, 3.63) is 78.1 Å². The van der Waals surface area contributed by atoms with Gasteiger partial charge in [-0.3, -0.25) is 9.59 Å².